The van der Waals surface area contributed by atoms with E-state index in [4.69, 9.17) is 23.7 Å². The van der Waals surface area contributed by atoms with Gasteiger partial charge in [0.2, 0.25) is 6.79 Å². The van der Waals surface area contributed by atoms with Crippen LogP contribution in [0.5, 0.6) is 23.0 Å². The molecule has 1 aliphatic heterocycles. The van der Waals surface area contributed by atoms with Crippen LogP contribution in [0.3, 0.4) is 0 Å². The molecule has 0 bridgehead atoms. The third kappa shape index (κ3) is 4.05. The van der Waals surface area contributed by atoms with Gasteiger partial charge in [-0.05, 0) is 49.4 Å². The number of benzene rings is 2. The van der Waals surface area contributed by atoms with Crippen LogP contribution in [0.25, 0.3) is 0 Å². The molecule has 1 atom stereocenters. The number of esters is 1. The van der Waals surface area contributed by atoms with Crippen molar-refractivity contribution < 1.29 is 33.3 Å². The minimum absolute atomic E-state index is 0.127. The fourth-order valence-electron chi connectivity index (χ4n) is 2.31. The standard InChI is InChI=1S/C19H18O7/c1-12(26-15-6-4-14(22-2)5-7-15)19(21)23-10-16(20)13-3-8-17-18(9-13)25-11-24-17/h3-9,12H,10-11H2,1-2H3. The van der Waals surface area contributed by atoms with E-state index in [1.807, 2.05) is 0 Å². The molecule has 2 aromatic carbocycles. The summed E-state index contributed by atoms with van der Waals surface area (Å²) in [6, 6.07) is 11.6. The van der Waals surface area contributed by atoms with Gasteiger partial charge < -0.3 is 23.7 Å². The molecule has 7 nitrogen and oxygen atoms in total. The first-order valence-corrected chi connectivity index (χ1v) is 7.97. The van der Waals surface area contributed by atoms with E-state index in [9.17, 15) is 9.59 Å². The topological polar surface area (TPSA) is 80.3 Å². The van der Waals surface area contributed by atoms with Gasteiger partial charge in [-0.15, -0.1) is 0 Å². The van der Waals surface area contributed by atoms with E-state index in [0.29, 0.717) is 28.6 Å². The SMILES string of the molecule is COc1ccc(OC(C)C(=O)OCC(=O)c2ccc3c(c2)OCO3)cc1. The van der Waals surface area contributed by atoms with Crippen molar-refractivity contribution in [2.45, 2.75) is 13.0 Å². The summed E-state index contributed by atoms with van der Waals surface area (Å²) in [5, 5.41) is 0. The van der Waals surface area contributed by atoms with Gasteiger partial charge in [-0.2, -0.15) is 0 Å². The summed E-state index contributed by atoms with van der Waals surface area (Å²) in [7, 11) is 1.56. The van der Waals surface area contributed by atoms with Crippen molar-refractivity contribution in [3.63, 3.8) is 0 Å². The fraction of sp³-hybridized carbons (Fsp3) is 0.263. The molecule has 0 saturated heterocycles. The van der Waals surface area contributed by atoms with Crippen molar-refractivity contribution in [3.05, 3.63) is 48.0 Å². The maximum Gasteiger partial charge on any atom is 0.347 e. The first-order valence-electron chi connectivity index (χ1n) is 7.97. The highest BCUT2D eigenvalue weighted by molar-refractivity contribution is 5.98. The molecule has 26 heavy (non-hydrogen) atoms. The van der Waals surface area contributed by atoms with Crippen molar-refractivity contribution in [1.29, 1.82) is 0 Å². The quantitative estimate of drug-likeness (QED) is 0.556. The van der Waals surface area contributed by atoms with Crippen molar-refractivity contribution in [2.75, 3.05) is 20.5 Å². The summed E-state index contributed by atoms with van der Waals surface area (Å²) in [5.74, 6) is 1.29. The summed E-state index contributed by atoms with van der Waals surface area (Å²) in [5.41, 5.74) is 0.380. The molecule has 7 heteroatoms. The molecule has 0 aromatic heterocycles. The van der Waals surface area contributed by atoms with Crippen LogP contribution in [0.2, 0.25) is 0 Å². The number of hydrogen-bond donors (Lipinski definition) is 0. The van der Waals surface area contributed by atoms with Gasteiger partial charge in [0.1, 0.15) is 11.5 Å². The number of fused-ring (bicyclic) bond motifs is 1. The second kappa shape index (κ2) is 7.77. The highest BCUT2D eigenvalue weighted by Crippen LogP contribution is 2.32. The Morgan fingerprint density at radius 1 is 1.04 bits per heavy atom. The monoisotopic (exact) mass is 358 g/mol. The maximum absolute atomic E-state index is 12.2. The van der Waals surface area contributed by atoms with E-state index in [1.54, 1.807) is 56.5 Å². The molecule has 0 aliphatic carbocycles. The van der Waals surface area contributed by atoms with Crippen LogP contribution in [-0.2, 0) is 9.53 Å². The minimum Gasteiger partial charge on any atom is -0.497 e. The summed E-state index contributed by atoms with van der Waals surface area (Å²) in [6.07, 6.45) is -0.854. The number of methoxy groups -OCH3 is 1. The van der Waals surface area contributed by atoms with Crippen LogP contribution in [-0.4, -0.2) is 38.4 Å². The lowest BCUT2D eigenvalue weighted by molar-refractivity contribution is -0.149. The van der Waals surface area contributed by atoms with Crippen LogP contribution in [0.15, 0.2) is 42.5 Å². The van der Waals surface area contributed by atoms with Gasteiger partial charge in [0.25, 0.3) is 0 Å². The zero-order chi connectivity index (χ0) is 18.5. The molecule has 2 aromatic rings. The largest absolute Gasteiger partial charge is 0.497 e. The Labute approximate surface area is 150 Å². The second-order valence-corrected chi connectivity index (χ2v) is 5.53. The molecule has 0 radical (unpaired) electrons. The molecule has 1 unspecified atom stereocenters. The van der Waals surface area contributed by atoms with Crippen LogP contribution in [0.1, 0.15) is 17.3 Å². The van der Waals surface area contributed by atoms with E-state index in [-0.39, 0.29) is 19.2 Å². The van der Waals surface area contributed by atoms with Crippen LogP contribution in [0, 0.1) is 0 Å². The molecule has 3 rings (SSSR count). The lowest BCUT2D eigenvalue weighted by Crippen LogP contribution is -2.28. The fourth-order valence-corrected chi connectivity index (χ4v) is 2.31. The third-order valence-electron chi connectivity index (χ3n) is 3.74. The number of ether oxygens (including phenoxy) is 5. The molecular weight excluding hydrogens is 340 g/mol. The van der Waals surface area contributed by atoms with Gasteiger partial charge in [-0.25, -0.2) is 4.79 Å². The number of carbonyl (C=O) groups is 2. The average molecular weight is 358 g/mol. The smallest absolute Gasteiger partial charge is 0.347 e. The predicted octanol–water partition coefficient (Wildman–Crippen LogP) is 2.62. The van der Waals surface area contributed by atoms with E-state index in [2.05, 4.69) is 0 Å². The summed E-state index contributed by atoms with van der Waals surface area (Å²) >= 11 is 0. The van der Waals surface area contributed by atoms with Gasteiger partial charge in [-0.3, -0.25) is 4.79 Å². The average Bonchev–Trinajstić information content (AvgIpc) is 3.14. The van der Waals surface area contributed by atoms with Crippen molar-refractivity contribution >= 4 is 11.8 Å². The van der Waals surface area contributed by atoms with Gasteiger partial charge in [-0.1, -0.05) is 0 Å². The van der Waals surface area contributed by atoms with Crippen molar-refractivity contribution in [2.24, 2.45) is 0 Å². The molecule has 0 spiro atoms. The van der Waals surface area contributed by atoms with Crippen LogP contribution in [0.4, 0.5) is 0 Å². The zero-order valence-corrected chi connectivity index (χ0v) is 14.4. The Morgan fingerprint density at radius 3 is 2.46 bits per heavy atom. The molecule has 1 aliphatic rings. The number of carbonyl (C=O) groups excluding carboxylic acids is 2. The van der Waals surface area contributed by atoms with Gasteiger partial charge >= 0.3 is 5.97 Å². The normalized spacial score (nSPS) is 13.0. The molecule has 0 fully saturated rings. The van der Waals surface area contributed by atoms with Crippen LogP contribution < -0.4 is 18.9 Å². The van der Waals surface area contributed by atoms with Crippen molar-refractivity contribution in [1.82, 2.24) is 0 Å². The van der Waals surface area contributed by atoms with Gasteiger partial charge in [0, 0.05) is 5.56 Å². The summed E-state index contributed by atoms with van der Waals surface area (Å²) in [6.45, 7) is 1.30. The molecule has 0 saturated carbocycles. The summed E-state index contributed by atoms with van der Waals surface area (Å²) in [4.78, 5) is 24.2. The number of Topliss-reactive ketones (excluding diaryl/α,β-unsaturated/α-hetero) is 1. The minimum atomic E-state index is -0.854. The number of ketones is 1. The Balaban J connectivity index is 1.51. The second-order valence-electron chi connectivity index (χ2n) is 5.53. The lowest BCUT2D eigenvalue weighted by atomic mass is 10.1. The molecular formula is C19H18O7. The van der Waals surface area contributed by atoms with Gasteiger partial charge in [0.05, 0.1) is 7.11 Å². The predicted molar refractivity (Wildman–Crippen MR) is 90.9 cm³/mol. The number of rotatable bonds is 7. The van der Waals surface area contributed by atoms with Crippen LogP contribution >= 0.6 is 0 Å². The Hall–Kier alpha value is -3.22. The molecule has 0 N–H and O–H groups in total. The highest BCUT2D eigenvalue weighted by Gasteiger charge is 2.20. The third-order valence-corrected chi connectivity index (χ3v) is 3.74. The first kappa shape index (κ1) is 17.6. The van der Waals surface area contributed by atoms with E-state index < -0.39 is 12.1 Å². The first-order chi connectivity index (χ1) is 12.6. The summed E-state index contributed by atoms with van der Waals surface area (Å²) < 4.78 is 26.0. The zero-order valence-electron chi connectivity index (χ0n) is 14.4. The highest BCUT2D eigenvalue weighted by atomic mass is 16.7. The van der Waals surface area contributed by atoms with Crippen molar-refractivity contribution in [3.8, 4) is 23.0 Å². The lowest BCUT2D eigenvalue weighted by Gasteiger charge is -2.14. The van der Waals surface area contributed by atoms with E-state index in [1.165, 1.54) is 0 Å². The van der Waals surface area contributed by atoms with Gasteiger partial charge in [0.15, 0.2) is 30.0 Å². The molecule has 0 amide bonds. The van der Waals surface area contributed by atoms with E-state index >= 15 is 0 Å². The van der Waals surface area contributed by atoms with E-state index in [0.717, 1.165) is 0 Å². The number of hydrogen-bond acceptors (Lipinski definition) is 7. The maximum atomic E-state index is 12.2. The Kier molecular flexibility index (Phi) is 5.26. The Bertz CT molecular complexity index is 798. The Morgan fingerprint density at radius 2 is 1.73 bits per heavy atom. The molecule has 1 heterocycles. The molecule has 136 valence electrons.